The number of ketones is 1. The van der Waals surface area contributed by atoms with Crippen LogP contribution >= 0.6 is 31.9 Å². The summed E-state index contributed by atoms with van der Waals surface area (Å²) in [4.78, 5) is 31.4. The Morgan fingerprint density at radius 2 is 1.41 bits per heavy atom. The smallest absolute Gasteiger partial charge is 0.300 e. The summed E-state index contributed by atoms with van der Waals surface area (Å²) < 4.78 is 1.70. The molecule has 0 bridgehead atoms. The molecule has 1 unspecified atom stereocenters. The molecule has 1 fully saturated rings. The molecule has 7 heteroatoms. The highest BCUT2D eigenvalue weighted by atomic mass is 79.9. The number of amides is 1. The van der Waals surface area contributed by atoms with Gasteiger partial charge in [-0.3, -0.25) is 19.5 Å². The lowest BCUT2D eigenvalue weighted by Gasteiger charge is -2.25. The fraction of sp³-hybridized carbons (Fsp3) is 0.0455. The lowest BCUT2D eigenvalue weighted by molar-refractivity contribution is -0.132. The summed E-state index contributed by atoms with van der Waals surface area (Å²) in [5, 5.41) is 11.0. The standard InChI is InChI=1S/C22H14Br2N2O3/c23-15-3-1-14(2-4-15)20(27)18-19(13-9-11-25-12-10-13)26(22(29)21(18)28)17-7-5-16(24)6-8-17/h1-12,19,27H/b20-18-. The minimum absolute atomic E-state index is 0.0476. The predicted molar refractivity (Wildman–Crippen MR) is 117 cm³/mol. The van der Waals surface area contributed by atoms with Crippen molar-refractivity contribution in [1.29, 1.82) is 0 Å². The number of carbonyl (C=O) groups excluding carboxylic acids is 2. The molecule has 1 N–H and O–H groups in total. The van der Waals surface area contributed by atoms with Gasteiger partial charge in [-0.1, -0.05) is 44.0 Å². The molecule has 144 valence electrons. The monoisotopic (exact) mass is 512 g/mol. The van der Waals surface area contributed by atoms with Crippen LogP contribution in [0.5, 0.6) is 0 Å². The van der Waals surface area contributed by atoms with E-state index >= 15 is 0 Å². The maximum absolute atomic E-state index is 13.0. The molecule has 0 radical (unpaired) electrons. The number of hydrogen-bond acceptors (Lipinski definition) is 4. The van der Waals surface area contributed by atoms with Crippen LogP contribution in [0.2, 0.25) is 0 Å². The zero-order valence-electron chi connectivity index (χ0n) is 14.9. The van der Waals surface area contributed by atoms with Gasteiger partial charge in [-0.2, -0.15) is 0 Å². The average Bonchev–Trinajstić information content (AvgIpc) is 3.00. The first kappa shape index (κ1) is 19.5. The second kappa shape index (κ2) is 7.93. The van der Waals surface area contributed by atoms with E-state index < -0.39 is 17.7 Å². The number of aromatic nitrogens is 1. The van der Waals surface area contributed by atoms with E-state index in [0.717, 1.165) is 8.95 Å². The molecule has 0 saturated carbocycles. The summed E-state index contributed by atoms with van der Waals surface area (Å²) in [6.07, 6.45) is 3.19. The summed E-state index contributed by atoms with van der Waals surface area (Å²) in [6.45, 7) is 0. The Kier molecular flexibility index (Phi) is 5.34. The molecule has 5 nitrogen and oxygen atoms in total. The molecule has 1 aliphatic heterocycles. The molecule has 2 aromatic carbocycles. The quantitative estimate of drug-likeness (QED) is 0.295. The van der Waals surface area contributed by atoms with E-state index in [4.69, 9.17) is 0 Å². The van der Waals surface area contributed by atoms with Crippen LogP contribution in [0.1, 0.15) is 17.2 Å². The van der Waals surface area contributed by atoms with Crippen LogP contribution in [0, 0.1) is 0 Å². The van der Waals surface area contributed by atoms with Crippen molar-refractivity contribution in [2.75, 3.05) is 4.90 Å². The SMILES string of the molecule is O=C1C(=O)N(c2ccc(Br)cc2)C(c2ccncc2)/C1=C(/O)c1ccc(Br)cc1. The topological polar surface area (TPSA) is 70.5 Å². The van der Waals surface area contributed by atoms with Crippen molar-refractivity contribution >= 4 is 55.0 Å². The van der Waals surface area contributed by atoms with E-state index in [1.54, 1.807) is 73.1 Å². The van der Waals surface area contributed by atoms with Gasteiger partial charge >= 0.3 is 0 Å². The van der Waals surface area contributed by atoms with E-state index in [1.807, 2.05) is 0 Å². The number of benzene rings is 2. The average molecular weight is 514 g/mol. The molecule has 0 aliphatic carbocycles. The van der Waals surface area contributed by atoms with E-state index in [2.05, 4.69) is 36.8 Å². The maximum Gasteiger partial charge on any atom is 0.300 e. The number of anilines is 1. The van der Waals surface area contributed by atoms with Gasteiger partial charge in [-0.15, -0.1) is 0 Å². The number of Topliss-reactive ketones (excluding diaryl/α,β-unsaturated/α-hetero) is 1. The van der Waals surface area contributed by atoms with Gasteiger partial charge in [0.1, 0.15) is 5.76 Å². The summed E-state index contributed by atoms with van der Waals surface area (Å²) >= 11 is 6.74. The Bertz CT molecular complexity index is 1110. The molecule has 29 heavy (non-hydrogen) atoms. The van der Waals surface area contributed by atoms with Crippen molar-refractivity contribution in [3.8, 4) is 0 Å². The number of hydrogen-bond donors (Lipinski definition) is 1. The number of pyridine rings is 1. The molecular formula is C22H14Br2N2O3. The minimum Gasteiger partial charge on any atom is -0.507 e. The largest absolute Gasteiger partial charge is 0.507 e. The van der Waals surface area contributed by atoms with E-state index in [1.165, 1.54) is 4.90 Å². The molecule has 4 rings (SSSR count). The fourth-order valence-corrected chi connectivity index (χ4v) is 3.85. The van der Waals surface area contributed by atoms with Gasteiger partial charge in [-0.25, -0.2) is 0 Å². The fourth-order valence-electron chi connectivity index (χ4n) is 3.32. The number of aliphatic hydroxyl groups excluding tert-OH is 1. The highest BCUT2D eigenvalue weighted by Crippen LogP contribution is 2.42. The number of nitrogens with zero attached hydrogens (tertiary/aromatic N) is 2. The maximum atomic E-state index is 13.0. The van der Waals surface area contributed by atoms with Gasteiger partial charge < -0.3 is 5.11 Å². The zero-order chi connectivity index (χ0) is 20.5. The number of aliphatic hydroxyl groups is 1. The summed E-state index contributed by atoms with van der Waals surface area (Å²) in [6, 6.07) is 16.7. The van der Waals surface area contributed by atoms with Crippen LogP contribution in [-0.2, 0) is 9.59 Å². The van der Waals surface area contributed by atoms with E-state index in [-0.39, 0.29) is 11.3 Å². The lowest BCUT2D eigenvalue weighted by atomic mass is 9.96. The van der Waals surface area contributed by atoms with Gasteiger partial charge in [0.05, 0.1) is 11.6 Å². The molecule has 0 spiro atoms. The lowest BCUT2D eigenvalue weighted by Crippen LogP contribution is -2.29. The van der Waals surface area contributed by atoms with Gasteiger partial charge in [0.15, 0.2) is 0 Å². The normalized spacial score (nSPS) is 18.3. The Labute approximate surface area is 184 Å². The van der Waals surface area contributed by atoms with Crippen molar-refractivity contribution in [3.63, 3.8) is 0 Å². The van der Waals surface area contributed by atoms with Crippen molar-refractivity contribution < 1.29 is 14.7 Å². The third kappa shape index (κ3) is 3.63. The Balaban J connectivity index is 1.93. The summed E-state index contributed by atoms with van der Waals surface area (Å²) in [7, 11) is 0. The molecule has 3 aromatic rings. The summed E-state index contributed by atoms with van der Waals surface area (Å²) in [5.41, 5.74) is 1.75. The molecule has 1 aromatic heterocycles. The molecule has 1 amide bonds. The van der Waals surface area contributed by atoms with Crippen LogP contribution in [-0.4, -0.2) is 21.8 Å². The van der Waals surface area contributed by atoms with Gasteiger partial charge in [0.25, 0.3) is 11.7 Å². The third-order valence-electron chi connectivity index (χ3n) is 4.69. The first-order chi connectivity index (χ1) is 14.0. The second-order valence-electron chi connectivity index (χ2n) is 6.43. The van der Waals surface area contributed by atoms with Gasteiger partial charge in [0.2, 0.25) is 0 Å². The van der Waals surface area contributed by atoms with Crippen molar-refractivity contribution in [1.82, 2.24) is 4.98 Å². The van der Waals surface area contributed by atoms with E-state index in [9.17, 15) is 14.7 Å². The van der Waals surface area contributed by atoms with Crippen molar-refractivity contribution in [3.05, 3.63) is 98.7 Å². The molecule has 2 heterocycles. The first-order valence-corrected chi connectivity index (χ1v) is 10.3. The Morgan fingerprint density at radius 1 is 0.862 bits per heavy atom. The highest BCUT2D eigenvalue weighted by molar-refractivity contribution is 9.10. The predicted octanol–water partition coefficient (Wildman–Crippen LogP) is 5.23. The van der Waals surface area contributed by atoms with Gasteiger partial charge in [0, 0.05) is 32.6 Å². The van der Waals surface area contributed by atoms with Crippen LogP contribution in [0.3, 0.4) is 0 Å². The minimum atomic E-state index is -0.761. The molecule has 1 saturated heterocycles. The van der Waals surface area contributed by atoms with Crippen LogP contribution in [0.25, 0.3) is 5.76 Å². The number of halogens is 2. The molecular weight excluding hydrogens is 500 g/mol. The van der Waals surface area contributed by atoms with Gasteiger partial charge in [-0.05, 0) is 54.1 Å². The Hall–Kier alpha value is -2.77. The zero-order valence-corrected chi connectivity index (χ0v) is 18.1. The molecule has 1 aliphatic rings. The number of rotatable bonds is 3. The van der Waals surface area contributed by atoms with E-state index in [0.29, 0.717) is 16.8 Å². The highest BCUT2D eigenvalue weighted by Gasteiger charge is 2.46. The number of carbonyl (C=O) groups is 2. The van der Waals surface area contributed by atoms with Crippen LogP contribution < -0.4 is 4.90 Å². The second-order valence-corrected chi connectivity index (χ2v) is 8.26. The van der Waals surface area contributed by atoms with Crippen molar-refractivity contribution in [2.24, 2.45) is 0 Å². The van der Waals surface area contributed by atoms with Crippen LogP contribution in [0.4, 0.5) is 5.69 Å². The van der Waals surface area contributed by atoms with Crippen LogP contribution in [0.15, 0.2) is 87.6 Å². The Morgan fingerprint density at radius 3 is 2.00 bits per heavy atom. The van der Waals surface area contributed by atoms with Crippen molar-refractivity contribution in [2.45, 2.75) is 6.04 Å². The summed E-state index contributed by atoms with van der Waals surface area (Å²) in [5.74, 6) is -1.62. The molecule has 1 atom stereocenters. The third-order valence-corrected chi connectivity index (χ3v) is 5.75. The first-order valence-electron chi connectivity index (χ1n) is 8.70.